The largest absolute Gasteiger partial charge is 0.294 e. The summed E-state index contributed by atoms with van der Waals surface area (Å²) in [6.07, 6.45) is 12.3. The first-order valence-electron chi connectivity index (χ1n) is 10.7. The van der Waals surface area contributed by atoms with Gasteiger partial charge in [-0.2, -0.15) is 0 Å². The molecule has 134 valence electrons. The van der Waals surface area contributed by atoms with Gasteiger partial charge in [0.1, 0.15) is 0 Å². The van der Waals surface area contributed by atoms with Gasteiger partial charge in [0.2, 0.25) is 0 Å². The van der Waals surface area contributed by atoms with E-state index in [1.54, 1.807) is 5.57 Å². The molecular formula is C25H28O. The first-order chi connectivity index (χ1) is 12.6. The number of ketones is 1. The van der Waals surface area contributed by atoms with E-state index in [4.69, 9.17) is 0 Å². The first-order valence-corrected chi connectivity index (χ1v) is 10.7. The van der Waals surface area contributed by atoms with Gasteiger partial charge in [-0.05, 0) is 79.4 Å². The zero-order chi connectivity index (χ0) is 17.5. The Morgan fingerprint density at radius 2 is 1.85 bits per heavy atom. The highest BCUT2D eigenvalue weighted by molar-refractivity contribution is 6.23. The van der Waals surface area contributed by atoms with E-state index in [0.29, 0.717) is 11.2 Å². The van der Waals surface area contributed by atoms with Crippen molar-refractivity contribution in [3.63, 3.8) is 0 Å². The fourth-order valence-electron chi connectivity index (χ4n) is 7.61. The van der Waals surface area contributed by atoms with Crippen molar-refractivity contribution < 1.29 is 4.79 Å². The number of fused-ring (bicyclic) bond motifs is 4. The van der Waals surface area contributed by atoms with Crippen molar-refractivity contribution in [1.82, 2.24) is 0 Å². The summed E-state index contributed by atoms with van der Waals surface area (Å²) in [5.74, 6) is 1.24. The maximum absolute atomic E-state index is 12.9. The Balaban J connectivity index is 1.59. The van der Waals surface area contributed by atoms with Crippen LogP contribution in [0.5, 0.6) is 0 Å². The highest BCUT2D eigenvalue weighted by Gasteiger charge is 2.54. The maximum atomic E-state index is 12.9. The highest BCUT2D eigenvalue weighted by Crippen LogP contribution is 2.65. The van der Waals surface area contributed by atoms with Crippen LogP contribution < -0.4 is 0 Å². The molecule has 1 aromatic carbocycles. The molecule has 1 heteroatoms. The van der Waals surface area contributed by atoms with Crippen LogP contribution >= 0.6 is 0 Å². The minimum absolute atomic E-state index is 0.203. The topological polar surface area (TPSA) is 17.1 Å². The minimum atomic E-state index is 0.203. The van der Waals surface area contributed by atoms with Gasteiger partial charge in [0.25, 0.3) is 0 Å². The Labute approximate surface area is 156 Å². The lowest BCUT2D eigenvalue weighted by Crippen LogP contribution is -2.44. The number of rotatable bonds is 0. The molecule has 0 spiro atoms. The van der Waals surface area contributed by atoms with E-state index in [0.717, 1.165) is 37.2 Å². The molecule has 0 heterocycles. The summed E-state index contributed by atoms with van der Waals surface area (Å²) >= 11 is 0. The van der Waals surface area contributed by atoms with E-state index in [-0.39, 0.29) is 5.41 Å². The number of allylic oxidation sites excluding steroid dienone is 4. The van der Waals surface area contributed by atoms with E-state index in [1.807, 2.05) is 5.57 Å². The third-order valence-corrected chi connectivity index (χ3v) is 8.77. The summed E-state index contributed by atoms with van der Waals surface area (Å²) in [6.45, 7) is 2.56. The standard InChI is InChI=1S/C25H28O/c1-24-12-4-7-19(24)18-8-9-21-23-17-6-3-2-5-16(17)15-25(21,14-11-22(23)26)20(18)10-13-24/h2-3,5-6,19H,4,7-15H2,1H3/t19-,24-,25-/m0/s1. The predicted molar refractivity (Wildman–Crippen MR) is 105 cm³/mol. The Morgan fingerprint density at radius 1 is 0.962 bits per heavy atom. The number of benzene rings is 1. The fraction of sp³-hybridized carbons (Fsp3) is 0.560. The Hall–Kier alpha value is -1.63. The van der Waals surface area contributed by atoms with Gasteiger partial charge in [-0.15, -0.1) is 0 Å². The summed E-state index contributed by atoms with van der Waals surface area (Å²) < 4.78 is 0. The molecule has 2 bridgehead atoms. The van der Waals surface area contributed by atoms with E-state index >= 15 is 0 Å². The van der Waals surface area contributed by atoms with E-state index < -0.39 is 0 Å². The van der Waals surface area contributed by atoms with Gasteiger partial charge in [0, 0.05) is 17.4 Å². The number of hydrogen-bond acceptors (Lipinski definition) is 1. The van der Waals surface area contributed by atoms with Gasteiger partial charge in [0.05, 0.1) is 0 Å². The first kappa shape index (κ1) is 15.4. The molecular weight excluding hydrogens is 316 g/mol. The molecule has 1 nitrogen and oxygen atoms in total. The van der Waals surface area contributed by atoms with Crippen molar-refractivity contribution in [2.45, 2.75) is 71.1 Å². The van der Waals surface area contributed by atoms with Crippen LogP contribution in [0.2, 0.25) is 0 Å². The van der Waals surface area contributed by atoms with Crippen molar-refractivity contribution in [2.24, 2.45) is 16.7 Å². The Bertz CT molecular complexity index is 900. The molecule has 0 unspecified atom stereocenters. The van der Waals surface area contributed by atoms with Crippen molar-refractivity contribution in [3.05, 3.63) is 52.1 Å². The van der Waals surface area contributed by atoms with Crippen LogP contribution in [0.15, 0.2) is 41.0 Å². The molecule has 0 saturated heterocycles. The molecule has 0 amide bonds. The second-order valence-electron chi connectivity index (χ2n) is 9.80. The van der Waals surface area contributed by atoms with E-state index in [1.165, 1.54) is 55.2 Å². The molecule has 0 aromatic heterocycles. The van der Waals surface area contributed by atoms with Gasteiger partial charge in [0.15, 0.2) is 5.78 Å². The number of hydrogen-bond donors (Lipinski definition) is 0. The monoisotopic (exact) mass is 344 g/mol. The predicted octanol–water partition coefficient (Wildman–Crippen LogP) is 6.04. The fourth-order valence-corrected chi connectivity index (χ4v) is 7.61. The van der Waals surface area contributed by atoms with Gasteiger partial charge >= 0.3 is 0 Å². The summed E-state index contributed by atoms with van der Waals surface area (Å²) in [4.78, 5) is 12.9. The Morgan fingerprint density at radius 3 is 2.77 bits per heavy atom. The van der Waals surface area contributed by atoms with Crippen molar-refractivity contribution in [3.8, 4) is 0 Å². The van der Waals surface area contributed by atoms with Gasteiger partial charge < -0.3 is 0 Å². The SMILES string of the molecule is C[C@@]12CCC[C@H]1C1=C(CC2)[C@@]23CCC(=O)C(=C2CC1)c1ccccc1C3. The van der Waals surface area contributed by atoms with Crippen LogP contribution in [-0.4, -0.2) is 5.78 Å². The lowest BCUT2D eigenvalue weighted by atomic mass is 9.49. The quantitative estimate of drug-likeness (QED) is 0.525. The van der Waals surface area contributed by atoms with E-state index in [2.05, 4.69) is 31.2 Å². The van der Waals surface area contributed by atoms with Gasteiger partial charge in [-0.3, -0.25) is 4.79 Å². The molecule has 1 fully saturated rings. The summed E-state index contributed by atoms with van der Waals surface area (Å²) in [6, 6.07) is 8.75. The Kier molecular flexibility index (Phi) is 2.97. The molecule has 1 aromatic rings. The van der Waals surface area contributed by atoms with E-state index in [9.17, 15) is 4.79 Å². The average molecular weight is 344 g/mol. The van der Waals surface area contributed by atoms with Crippen molar-refractivity contribution in [1.29, 1.82) is 0 Å². The van der Waals surface area contributed by atoms with Crippen LogP contribution in [0.25, 0.3) is 5.57 Å². The third-order valence-electron chi connectivity index (χ3n) is 8.77. The zero-order valence-corrected chi connectivity index (χ0v) is 15.9. The van der Waals surface area contributed by atoms with Gasteiger partial charge in [-0.25, -0.2) is 0 Å². The van der Waals surface area contributed by atoms with Gasteiger partial charge in [-0.1, -0.05) is 48.8 Å². The molecule has 6 rings (SSSR count). The number of carbonyl (C=O) groups is 1. The molecule has 3 atom stereocenters. The van der Waals surface area contributed by atoms with Crippen molar-refractivity contribution >= 4 is 11.4 Å². The van der Waals surface area contributed by atoms with Crippen LogP contribution in [0, 0.1) is 16.7 Å². The van der Waals surface area contributed by atoms with Crippen molar-refractivity contribution in [2.75, 3.05) is 0 Å². The smallest absolute Gasteiger partial charge is 0.163 e. The molecule has 0 radical (unpaired) electrons. The molecule has 5 aliphatic rings. The molecule has 1 saturated carbocycles. The lowest BCUT2D eigenvalue weighted by molar-refractivity contribution is -0.114. The average Bonchev–Trinajstić information content (AvgIpc) is 3.05. The second kappa shape index (κ2) is 5.00. The summed E-state index contributed by atoms with van der Waals surface area (Å²) in [5, 5.41) is 0. The van der Waals surface area contributed by atoms with Crippen LogP contribution in [0.3, 0.4) is 0 Å². The number of Topliss-reactive ketones (excluding diaryl/α,β-unsaturated/α-hetero) is 1. The maximum Gasteiger partial charge on any atom is 0.163 e. The summed E-state index contributed by atoms with van der Waals surface area (Å²) in [5.41, 5.74) is 9.75. The third kappa shape index (κ3) is 1.75. The second-order valence-corrected chi connectivity index (χ2v) is 9.80. The normalized spacial score (nSPS) is 37.9. The summed E-state index contributed by atoms with van der Waals surface area (Å²) in [7, 11) is 0. The molecule has 5 aliphatic carbocycles. The molecule has 0 N–H and O–H groups in total. The molecule has 0 aliphatic heterocycles. The highest BCUT2D eigenvalue weighted by atomic mass is 16.1. The van der Waals surface area contributed by atoms with Crippen LogP contribution in [0.4, 0.5) is 0 Å². The molecule has 26 heavy (non-hydrogen) atoms. The lowest BCUT2D eigenvalue weighted by Gasteiger charge is -2.54. The minimum Gasteiger partial charge on any atom is -0.294 e. The number of carbonyl (C=O) groups excluding carboxylic acids is 1. The van der Waals surface area contributed by atoms with Crippen LogP contribution in [-0.2, 0) is 11.2 Å². The zero-order valence-electron chi connectivity index (χ0n) is 15.9. The van der Waals surface area contributed by atoms with Crippen LogP contribution in [0.1, 0.15) is 75.8 Å².